The van der Waals surface area contributed by atoms with Crippen LogP contribution >= 0.6 is 0 Å². The van der Waals surface area contributed by atoms with Crippen molar-refractivity contribution in [3.05, 3.63) is 23.7 Å². The lowest BCUT2D eigenvalue weighted by molar-refractivity contribution is -0.310. The Labute approximate surface area is 499 Å². The molecule has 0 bridgehead atoms. The summed E-state index contributed by atoms with van der Waals surface area (Å²) in [6, 6.07) is -5.30. The number of sulfonamides is 2. The third kappa shape index (κ3) is 19.2. The highest BCUT2D eigenvalue weighted by molar-refractivity contribution is 7.88. The predicted molar refractivity (Wildman–Crippen MR) is 305 cm³/mol. The van der Waals surface area contributed by atoms with Crippen LogP contribution in [0.5, 0.6) is 0 Å². The number of nitrogens with two attached hydrogens (primary N) is 3. The molecular formula is C53H98N8O22S2. The van der Waals surface area contributed by atoms with Crippen molar-refractivity contribution in [1.82, 2.24) is 24.6 Å². The van der Waals surface area contributed by atoms with Gasteiger partial charge in [-0.05, 0) is 112 Å². The van der Waals surface area contributed by atoms with Gasteiger partial charge in [-0.1, -0.05) is 13.8 Å². The topological polar surface area (TPSA) is 437 Å². The molecule has 6 aliphatic rings. The Morgan fingerprint density at radius 3 is 1.31 bits per heavy atom. The molecule has 0 aromatic rings. The van der Waals surface area contributed by atoms with E-state index < -0.39 is 165 Å². The van der Waals surface area contributed by atoms with Crippen LogP contribution in [-0.4, -0.2) is 261 Å². The number of ether oxygens (including phenoxy) is 10. The molecule has 2 saturated heterocycles. The molecule has 22 atom stereocenters. The number of carbonyl (C=O) groups excluding carboxylic acids is 2. The van der Waals surface area contributed by atoms with Crippen LogP contribution in [0.1, 0.15) is 94.9 Å². The van der Waals surface area contributed by atoms with Gasteiger partial charge in [0.05, 0.1) is 75.2 Å². The summed E-state index contributed by atoms with van der Waals surface area (Å²) in [5.74, 6) is 0.506. The molecule has 4 fully saturated rings. The first-order valence-corrected chi connectivity index (χ1v) is 32.1. The number of carbonyl (C=O) groups is 2. The normalized spacial score (nSPS) is 39.5. The van der Waals surface area contributed by atoms with Gasteiger partial charge in [-0.3, -0.25) is 0 Å². The molecule has 0 aromatic carbocycles. The number of amides is 2. The summed E-state index contributed by atoms with van der Waals surface area (Å²) < 4.78 is 109. The number of nitrogens with zero attached hydrogens (tertiary/aromatic N) is 2. The Balaban J connectivity index is 0.000000311. The lowest BCUT2D eigenvalue weighted by atomic mass is 9.80. The smallest absolute Gasteiger partial charge is 0.408 e. The van der Waals surface area contributed by atoms with E-state index in [0.717, 1.165) is 21.1 Å². The van der Waals surface area contributed by atoms with Crippen LogP contribution in [0.2, 0.25) is 0 Å². The van der Waals surface area contributed by atoms with Gasteiger partial charge in [-0.15, -0.1) is 0 Å². The minimum atomic E-state index is -3.81. The van der Waals surface area contributed by atoms with E-state index in [9.17, 15) is 57.1 Å². The molecule has 15 N–H and O–H groups in total. The Kier molecular flexibility index (Phi) is 24.5. The van der Waals surface area contributed by atoms with Crippen LogP contribution in [0.25, 0.3) is 0 Å². The van der Waals surface area contributed by atoms with Crippen LogP contribution in [-0.2, 0) is 67.4 Å². The van der Waals surface area contributed by atoms with E-state index in [0.29, 0.717) is 43.7 Å². The Morgan fingerprint density at radius 1 is 0.635 bits per heavy atom. The minimum absolute atomic E-state index is 0.0994. The second kappa shape index (κ2) is 28.7. The molecule has 0 unspecified atom stereocenters. The molecular weight excluding hydrogens is 1160 g/mol. The molecule has 2 saturated carbocycles. The Hall–Kier alpha value is -3.20. The van der Waals surface area contributed by atoms with Gasteiger partial charge in [0.15, 0.2) is 12.6 Å². The third-order valence-corrected chi connectivity index (χ3v) is 18.0. The number of aliphatic hydroxyl groups excluding tert-OH is 4. The number of hydrogen-bond donors (Lipinski definition) is 12. The van der Waals surface area contributed by atoms with E-state index in [2.05, 4.69) is 16.0 Å². The van der Waals surface area contributed by atoms with Crippen LogP contribution in [0.4, 0.5) is 9.59 Å². The highest BCUT2D eigenvalue weighted by Crippen LogP contribution is 2.38. The van der Waals surface area contributed by atoms with E-state index in [1.54, 1.807) is 54.7 Å². The van der Waals surface area contributed by atoms with E-state index in [1.807, 2.05) is 19.9 Å². The van der Waals surface area contributed by atoms with E-state index in [4.69, 9.17) is 64.6 Å². The van der Waals surface area contributed by atoms with Crippen molar-refractivity contribution in [3.8, 4) is 0 Å². The summed E-state index contributed by atoms with van der Waals surface area (Å²) in [4.78, 5) is 25.1. The lowest BCUT2D eigenvalue weighted by Crippen LogP contribution is -2.68. The largest absolute Gasteiger partial charge is 0.466 e. The summed E-state index contributed by atoms with van der Waals surface area (Å²) in [5, 5.41) is 75.3. The minimum Gasteiger partial charge on any atom is -0.466 e. The molecule has 0 radical (unpaired) electrons. The maximum absolute atomic E-state index is 12.6. The van der Waals surface area contributed by atoms with Crippen LogP contribution in [0.15, 0.2) is 23.7 Å². The monoisotopic (exact) mass is 1260 g/mol. The van der Waals surface area contributed by atoms with Crippen molar-refractivity contribution in [2.24, 2.45) is 29.0 Å². The van der Waals surface area contributed by atoms with Crippen molar-refractivity contribution < 1.29 is 104 Å². The van der Waals surface area contributed by atoms with Gasteiger partial charge in [0, 0.05) is 26.2 Å². The SMILES string of the molecule is CNCC1=CC[C@@H](NC(=O)OC(C)(C)C)[C@@H](O[C@H]2[C@H](O)[C@@H](O[C@H]3OC[C@](C)(O)[C@H](N(C)S(C)(=O)=O)[C@H]3O)[C@H](N)C[C@@H]2C)O1.C[C@H]1C[C@@H](N)[C@H](O[C@H]2OC[C@](C)(O)[C@H](N(C)S(C)(=O)=O)[C@H]2O)[C@@H](O)[C@@H]1O[C@H]1OC(CN)=CC[C@H]1NC(=O)OC(C)(C)C. The zero-order chi connectivity index (χ0) is 64.3. The molecule has 4 heterocycles. The second-order valence-electron chi connectivity index (χ2n) is 25.7. The number of aliphatic hydroxyl groups is 6. The first kappa shape index (κ1) is 72.5. The number of rotatable bonds is 17. The number of likely N-dealkylation sites (N-methyl/N-ethyl adjacent to an activating group) is 3. The van der Waals surface area contributed by atoms with E-state index in [1.165, 1.54) is 27.9 Å². The quantitative estimate of drug-likeness (QED) is 0.0725. The molecule has 30 nitrogen and oxygen atoms in total. The summed E-state index contributed by atoms with van der Waals surface area (Å²) in [6.07, 6.45) is -9.11. The zero-order valence-corrected chi connectivity index (χ0v) is 53.1. The fourth-order valence-corrected chi connectivity index (χ4v) is 12.8. The lowest BCUT2D eigenvalue weighted by Gasteiger charge is -2.49. The summed E-state index contributed by atoms with van der Waals surface area (Å²) >= 11 is 0. The number of nitrogens with one attached hydrogen (secondary N) is 3. The summed E-state index contributed by atoms with van der Waals surface area (Å²) in [5.41, 5.74) is 13.6. The first-order chi connectivity index (χ1) is 39.0. The molecule has 85 heavy (non-hydrogen) atoms. The summed E-state index contributed by atoms with van der Waals surface area (Å²) in [7, 11) is -3.36. The molecule has 2 aliphatic carbocycles. The molecule has 4 aliphatic heterocycles. The Bertz CT molecular complexity index is 2520. The molecule has 2 amide bonds. The first-order valence-electron chi connectivity index (χ1n) is 28.4. The van der Waals surface area contributed by atoms with E-state index in [-0.39, 0.29) is 31.6 Å². The Morgan fingerprint density at radius 2 is 0.976 bits per heavy atom. The second-order valence-corrected chi connectivity index (χ2v) is 29.7. The van der Waals surface area contributed by atoms with Gasteiger partial charge in [-0.2, -0.15) is 8.61 Å². The maximum atomic E-state index is 12.6. The number of alkyl carbamates (subject to hydrolysis) is 2. The molecule has 494 valence electrons. The van der Waals surface area contributed by atoms with Crippen LogP contribution in [0, 0.1) is 11.8 Å². The average molecular weight is 1260 g/mol. The van der Waals surface area contributed by atoms with Gasteiger partial charge in [0.2, 0.25) is 32.6 Å². The fourth-order valence-electron chi connectivity index (χ4n) is 11.3. The zero-order valence-electron chi connectivity index (χ0n) is 51.5. The highest BCUT2D eigenvalue weighted by atomic mass is 32.2. The average Bonchev–Trinajstić information content (AvgIpc) is 1.53. The highest BCUT2D eigenvalue weighted by Gasteiger charge is 2.56. The maximum Gasteiger partial charge on any atom is 0.408 e. The van der Waals surface area contributed by atoms with Crippen molar-refractivity contribution >= 4 is 32.2 Å². The van der Waals surface area contributed by atoms with Crippen molar-refractivity contribution in [2.75, 3.05) is 60.0 Å². The van der Waals surface area contributed by atoms with Crippen LogP contribution < -0.4 is 33.2 Å². The van der Waals surface area contributed by atoms with Crippen molar-refractivity contribution in [3.63, 3.8) is 0 Å². The fraction of sp³-hybridized carbons (Fsp3) is 0.887. The van der Waals surface area contributed by atoms with Gasteiger partial charge in [0.1, 0.15) is 70.5 Å². The molecule has 0 aromatic heterocycles. The van der Waals surface area contributed by atoms with Gasteiger partial charge in [0.25, 0.3) is 0 Å². The number of hydrogen-bond acceptors (Lipinski definition) is 26. The van der Waals surface area contributed by atoms with Crippen molar-refractivity contribution in [1.29, 1.82) is 0 Å². The third-order valence-electron chi connectivity index (χ3n) is 15.5. The van der Waals surface area contributed by atoms with Gasteiger partial charge >= 0.3 is 12.2 Å². The predicted octanol–water partition coefficient (Wildman–Crippen LogP) is -2.35. The molecule has 0 spiro atoms. The summed E-state index contributed by atoms with van der Waals surface area (Å²) in [6.45, 7) is 16.7. The van der Waals surface area contributed by atoms with Gasteiger partial charge < -0.3 is 111 Å². The van der Waals surface area contributed by atoms with Gasteiger partial charge in [-0.25, -0.2) is 26.4 Å². The molecule has 32 heteroatoms. The van der Waals surface area contributed by atoms with Crippen LogP contribution in [0.3, 0.4) is 0 Å². The van der Waals surface area contributed by atoms with E-state index >= 15 is 0 Å². The molecule has 6 rings (SSSR count). The van der Waals surface area contributed by atoms with Crippen molar-refractivity contribution in [2.45, 2.75) is 228 Å². The standard InChI is InChI=1S/C27H50N4O11S.C26H48N4O11S/c1-14-11-16(28)21(41-24-19(33)22(27(5,35)13-38-24)31(7)43(8,36)37)18(32)20(14)40-23-17(10-9-15(39-23)12-29-6)30-25(34)42-26(2,3)4;1-13-10-15(28)20(40-23-18(32)21(26(5,34)12-37-23)30(6)42(7,35)36)17(31)19(13)39-22-16(9-8-14(11-27)38-22)29-24(33)41-25(2,3)4/h9,14,16-24,29,32-33,35H,10-13,28H2,1-8H3,(H,30,34);8,13,15-23,31-32,34H,9-12,27-28H2,1-7H3,(H,29,33)/t14-,16+,17+,18-,19+,20+,21-,22+,23+,24+,27-;13-,15+,16+,17-,18+,19+,20-,21+,22+,23+,26-/m00/s1.